The van der Waals surface area contributed by atoms with Crippen molar-refractivity contribution in [3.8, 4) is 0 Å². The fourth-order valence-corrected chi connectivity index (χ4v) is 4.80. The molecule has 0 aromatic heterocycles. The maximum atomic E-state index is 12.7. The third kappa shape index (κ3) is 3.10. The first kappa shape index (κ1) is 16.0. The lowest BCUT2D eigenvalue weighted by molar-refractivity contribution is -0.0750. The number of aliphatic hydroxyl groups excluding tert-OH is 1. The number of rotatable bonds is 3. The van der Waals surface area contributed by atoms with Crippen LogP contribution in [0.3, 0.4) is 0 Å². The normalized spacial score (nSPS) is 24.8. The van der Waals surface area contributed by atoms with Crippen molar-refractivity contribution in [3.63, 3.8) is 0 Å². The molecule has 0 bridgehead atoms. The van der Waals surface area contributed by atoms with Gasteiger partial charge in [-0.25, -0.2) is 8.42 Å². The van der Waals surface area contributed by atoms with Crippen LogP contribution in [0.15, 0.2) is 23.1 Å². The molecule has 20 heavy (non-hydrogen) atoms. The molecule has 1 aliphatic rings. The monoisotopic (exact) mass is 339 g/mol. The zero-order chi connectivity index (χ0) is 14.9. The van der Waals surface area contributed by atoms with E-state index in [1.807, 2.05) is 0 Å². The van der Waals surface area contributed by atoms with E-state index >= 15 is 0 Å². The molecule has 2 atom stereocenters. The summed E-state index contributed by atoms with van der Waals surface area (Å²) in [4.78, 5) is -0.103. The summed E-state index contributed by atoms with van der Waals surface area (Å²) in [5.41, 5.74) is 0. The van der Waals surface area contributed by atoms with Gasteiger partial charge in [0.15, 0.2) is 0 Å². The Hall–Kier alpha value is -0.370. The highest BCUT2D eigenvalue weighted by Gasteiger charge is 2.35. The lowest BCUT2D eigenvalue weighted by Crippen LogP contribution is -2.50. The standard InChI is InChI=1S/C12H15Cl2NO4S/c1-8-5-15(6-9(7-16)19-8)20(17,18)12-10(13)3-2-4-11(12)14/h2-4,8-9,16H,5-7H2,1H3. The van der Waals surface area contributed by atoms with Gasteiger partial charge in [-0.2, -0.15) is 4.31 Å². The molecular formula is C12H15Cl2NO4S. The molecule has 1 aromatic carbocycles. The average Bonchev–Trinajstić information content (AvgIpc) is 2.37. The van der Waals surface area contributed by atoms with Gasteiger partial charge in [-0.1, -0.05) is 29.3 Å². The molecule has 1 aromatic rings. The van der Waals surface area contributed by atoms with Crippen LogP contribution in [-0.4, -0.2) is 49.7 Å². The van der Waals surface area contributed by atoms with Crippen LogP contribution in [0.25, 0.3) is 0 Å². The van der Waals surface area contributed by atoms with Crippen LogP contribution in [0.2, 0.25) is 10.0 Å². The number of nitrogens with zero attached hydrogens (tertiary/aromatic N) is 1. The Bertz CT molecular complexity index is 573. The molecule has 5 nitrogen and oxygen atoms in total. The zero-order valence-corrected chi connectivity index (χ0v) is 13.1. The van der Waals surface area contributed by atoms with Gasteiger partial charge in [0.2, 0.25) is 10.0 Å². The van der Waals surface area contributed by atoms with Gasteiger partial charge in [-0.3, -0.25) is 0 Å². The van der Waals surface area contributed by atoms with Gasteiger partial charge in [0.25, 0.3) is 0 Å². The molecule has 1 heterocycles. The van der Waals surface area contributed by atoms with Crippen molar-refractivity contribution in [1.29, 1.82) is 0 Å². The largest absolute Gasteiger partial charge is 0.394 e. The van der Waals surface area contributed by atoms with Gasteiger partial charge in [0, 0.05) is 13.1 Å². The molecule has 0 spiro atoms. The number of hydrogen-bond donors (Lipinski definition) is 1. The van der Waals surface area contributed by atoms with Crippen LogP contribution in [0.1, 0.15) is 6.92 Å². The van der Waals surface area contributed by atoms with E-state index in [4.69, 9.17) is 27.9 Å². The van der Waals surface area contributed by atoms with E-state index in [1.165, 1.54) is 16.4 Å². The van der Waals surface area contributed by atoms with Crippen molar-refractivity contribution >= 4 is 33.2 Å². The molecule has 0 saturated carbocycles. The first-order chi connectivity index (χ1) is 9.36. The third-order valence-electron chi connectivity index (χ3n) is 3.01. The summed E-state index contributed by atoms with van der Waals surface area (Å²) in [6.45, 7) is 1.77. The third-order valence-corrected chi connectivity index (χ3v) is 5.80. The summed E-state index contributed by atoms with van der Waals surface area (Å²) in [7, 11) is -3.82. The average molecular weight is 340 g/mol. The van der Waals surface area contributed by atoms with Gasteiger partial charge in [-0.05, 0) is 19.1 Å². The molecule has 112 valence electrons. The quantitative estimate of drug-likeness (QED) is 0.911. The number of sulfonamides is 1. The summed E-state index contributed by atoms with van der Waals surface area (Å²) in [5, 5.41) is 9.33. The van der Waals surface area contributed by atoms with E-state index in [2.05, 4.69) is 0 Å². The molecule has 8 heteroatoms. The zero-order valence-electron chi connectivity index (χ0n) is 10.8. The number of ether oxygens (including phenoxy) is 1. The minimum atomic E-state index is -3.82. The molecular weight excluding hydrogens is 325 g/mol. The highest BCUT2D eigenvalue weighted by Crippen LogP contribution is 2.32. The number of morpholine rings is 1. The van der Waals surface area contributed by atoms with Crippen molar-refractivity contribution in [2.45, 2.75) is 24.0 Å². The molecule has 1 saturated heterocycles. The lowest BCUT2D eigenvalue weighted by atomic mass is 10.2. The SMILES string of the molecule is CC1CN(S(=O)(=O)c2c(Cl)cccc2Cl)CC(CO)O1. The Morgan fingerprint density at radius 3 is 2.50 bits per heavy atom. The Labute approximate surface area is 128 Å². The summed E-state index contributed by atoms with van der Waals surface area (Å²) < 4.78 is 32.0. The summed E-state index contributed by atoms with van der Waals surface area (Å²) in [6, 6.07) is 4.55. The summed E-state index contributed by atoms with van der Waals surface area (Å²) >= 11 is 11.9. The predicted molar refractivity (Wildman–Crippen MR) is 76.6 cm³/mol. The van der Waals surface area contributed by atoms with Crippen LogP contribution in [0.5, 0.6) is 0 Å². The van der Waals surface area contributed by atoms with E-state index in [-0.39, 0.29) is 40.7 Å². The molecule has 2 unspecified atom stereocenters. The van der Waals surface area contributed by atoms with E-state index < -0.39 is 16.1 Å². The molecule has 2 rings (SSSR count). The number of aliphatic hydroxyl groups is 1. The topological polar surface area (TPSA) is 66.8 Å². The van der Waals surface area contributed by atoms with Gasteiger partial charge < -0.3 is 9.84 Å². The van der Waals surface area contributed by atoms with Crippen LogP contribution in [0, 0.1) is 0 Å². The maximum Gasteiger partial charge on any atom is 0.246 e. The maximum absolute atomic E-state index is 12.7. The molecule has 0 radical (unpaired) electrons. The highest BCUT2D eigenvalue weighted by atomic mass is 35.5. The van der Waals surface area contributed by atoms with Gasteiger partial charge in [0.1, 0.15) is 4.90 Å². The Kier molecular flexibility index (Phi) is 4.94. The molecule has 0 aliphatic carbocycles. The van der Waals surface area contributed by atoms with Gasteiger partial charge in [0.05, 0.1) is 28.9 Å². The minimum absolute atomic E-state index is 0.0741. The fraction of sp³-hybridized carbons (Fsp3) is 0.500. The van der Waals surface area contributed by atoms with E-state index in [9.17, 15) is 13.5 Å². The van der Waals surface area contributed by atoms with Crippen molar-refractivity contribution in [2.75, 3.05) is 19.7 Å². The molecule has 1 aliphatic heterocycles. The lowest BCUT2D eigenvalue weighted by Gasteiger charge is -2.35. The molecule has 1 fully saturated rings. The van der Waals surface area contributed by atoms with E-state index in [0.717, 1.165) is 0 Å². The number of hydrogen-bond acceptors (Lipinski definition) is 4. The summed E-state index contributed by atoms with van der Waals surface area (Å²) in [6.07, 6.45) is -0.855. The van der Waals surface area contributed by atoms with Crippen molar-refractivity contribution in [2.24, 2.45) is 0 Å². The molecule has 1 N–H and O–H groups in total. The second-order valence-electron chi connectivity index (χ2n) is 4.62. The predicted octanol–water partition coefficient (Wildman–Crippen LogP) is 1.76. The molecule has 0 amide bonds. The van der Waals surface area contributed by atoms with Gasteiger partial charge in [-0.15, -0.1) is 0 Å². The Morgan fingerprint density at radius 2 is 1.95 bits per heavy atom. The van der Waals surface area contributed by atoms with Crippen molar-refractivity contribution in [3.05, 3.63) is 28.2 Å². The Balaban J connectivity index is 2.39. The van der Waals surface area contributed by atoms with Gasteiger partial charge >= 0.3 is 0 Å². The first-order valence-corrected chi connectivity index (χ1v) is 8.26. The van der Waals surface area contributed by atoms with Crippen molar-refractivity contribution < 1.29 is 18.3 Å². The van der Waals surface area contributed by atoms with Crippen LogP contribution >= 0.6 is 23.2 Å². The number of halogens is 2. The highest BCUT2D eigenvalue weighted by molar-refractivity contribution is 7.89. The Morgan fingerprint density at radius 1 is 1.35 bits per heavy atom. The minimum Gasteiger partial charge on any atom is -0.394 e. The van der Waals surface area contributed by atoms with Crippen LogP contribution < -0.4 is 0 Å². The van der Waals surface area contributed by atoms with Crippen molar-refractivity contribution in [1.82, 2.24) is 4.31 Å². The first-order valence-electron chi connectivity index (χ1n) is 6.06. The summed E-state index contributed by atoms with van der Waals surface area (Å²) in [5.74, 6) is 0. The smallest absolute Gasteiger partial charge is 0.246 e. The van der Waals surface area contributed by atoms with E-state index in [1.54, 1.807) is 13.0 Å². The fourth-order valence-electron chi connectivity index (χ4n) is 2.16. The van der Waals surface area contributed by atoms with E-state index in [0.29, 0.717) is 0 Å². The second kappa shape index (κ2) is 6.17. The number of benzene rings is 1. The van der Waals surface area contributed by atoms with Crippen LogP contribution in [0.4, 0.5) is 0 Å². The second-order valence-corrected chi connectivity index (χ2v) is 7.31. The van der Waals surface area contributed by atoms with Crippen LogP contribution in [-0.2, 0) is 14.8 Å².